The van der Waals surface area contributed by atoms with Gasteiger partial charge in [-0.15, -0.1) is 0 Å². The Morgan fingerprint density at radius 3 is 2.00 bits per heavy atom. The summed E-state index contributed by atoms with van der Waals surface area (Å²) in [5, 5.41) is 0. The summed E-state index contributed by atoms with van der Waals surface area (Å²) >= 11 is 0. The molecule has 0 saturated carbocycles. The number of likely N-dealkylation sites (N-methyl/N-ethyl adjacent to an activating group) is 1. The van der Waals surface area contributed by atoms with E-state index >= 15 is 0 Å². The predicted molar refractivity (Wildman–Crippen MR) is 40.4 cm³/mol. The van der Waals surface area contributed by atoms with Crippen LogP contribution < -0.4 is 0 Å². The van der Waals surface area contributed by atoms with E-state index in [4.69, 9.17) is 9.47 Å². The quantitative estimate of drug-likeness (QED) is 0.371. The van der Waals surface area contributed by atoms with Gasteiger partial charge in [-0.05, 0) is 7.05 Å². The fourth-order valence-corrected chi connectivity index (χ4v) is 0.842. The number of ether oxygens (including phenoxy) is 2. The van der Waals surface area contributed by atoms with Gasteiger partial charge in [0.25, 0.3) is 0 Å². The third-order valence-electron chi connectivity index (χ3n) is 1.04. The van der Waals surface area contributed by atoms with Gasteiger partial charge < -0.3 is 14.0 Å². The van der Waals surface area contributed by atoms with Crippen molar-refractivity contribution in [3.05, 3.63) is 0 Å². The van der Waals surface area contributed by atoms with Crippen LogP contribution in [0.15, 0.2) is 0 Å². The molecule has 3 nitrogen and oxygen atoms in total. The molecule has 0 aliphatic rings. The maximum Gasteiger partial charge on any atom is 0.168 e. The molecule has 0 fully saturated rings. The van der Waals surface area contributed by atoms with Crippen molar-refractivity contribution < 1.29 is 9.47 Å². The lowest BCUT2D eigenvalue weighted by atomic mass is 10.6. The largest absolute Gasteiger partial charge is 0.355 e. The molecule has 0 aromatic heterocycles. The van der Waals surface area contributed by atoms with Crippen molar-refractivity contribution in [2.45, 2.75) is 6.29 Å². The van der Waals surface area contributed by atoms with Crippen molar-refractivity contribution in [3.63, 3.8) is 0 Å². The molecule has 0 unspecified atom stereocenters. The van der Waals surface area contributed by atoms with Gasteiger partial charge in [-0.25, -0.2) is 0 Å². The third-order valence-corrected chi connectivity index (χ3v) is 1.41. The molecule has 0 spiro atoms. The van der Waals surface area contributed by atoms with Crippen LogP contribution in [0.25, 0.3) is 0 Å². The minimum absolute atomic E-state index is 0.0625. The van der Waals surface area contributed by atoms with Gasteiger partial charge in [-0.2, -0.15) is 0 Å². The Bertz CT molecular complexity index is 66.0. The van der Waals surface area contributed by atoms with E-state index in [2.05, 4.69) is 4.57 Å². The van der Waals surface area contributed by atoms with Gasteiger partial charge in [0.05, 0.1) is 10.4 Å². The average molecular weight is 149 g/mol. The summed E-state index contributed by atoms with van der Waals surface area (Å²) in [6, 6.07) is 0. The molecule has 9 heavy (non-hydrogen) atoms. The van der Waals surface area contributed by atoms with E-state index in [-0.39, 0.29) is 6.29 Å². The lowest BCUT2D eigenvalue weighted by molar-refractivity contribution is -0.106. The van der Waals surface area contributed by atoms with E-state index in [1.165, 1.54) is 0 Å². The van der Waals surface area contributed by atoms with Crippen LogP contribution >= 0.6 is 0 Å². The highest BCUT2D eigenvalue weighted by Crippen LogP contribution is 1.90. The molecule has 0 aliphatic heterocycles. The van der Waals surface area contributed by atoms with Gasteiger partial charge in [0.1, 0.15) is 0 Å². The summed E-state index contributed by atoms with van der Waals surface area (Å²) in [6.45, 7) is 0.860. The van der Waals surface area contributed by atoms with Crippen LogP contribution in [0.4, 0.5) is 0 Å². The maximum atomic E-state index is 4.97. The van der Waals surface area contributed by atoms with E-state index in [0.29, 0.717) is 0 Å². The molecule has 0 aromatic carbocycles. The first-order valence-electron chi connectivity index (χ1n) is 2.91. The van der Waals surface area contributed by atoms with Crippen molar-refractivity contribution in [1.82, 2.24) is 4.57 Å². The van der Waals surface area contributed by atoms with E-state index in [9.17, 15) is 0 Å². The Balaban J connectivity index is 3.31. The number of nitrogens with zero attached hydrogens (tertiary/aromatic N) is 1. The molecule has 0 amide bonds. The first kappa shape index (κ1) is 9.10. The van der Waals surface area contributed by atoms with Gasteiger partial charge in [-0.1, -0.05) is 0 Å². The molecule has 0 atom stereocenters. The summed E-state index contributed by atoms with van der Waals surface area (Å²) in [6.07, 6.45) is -0.0625. The molecule has 56 valence electrons. The molecule has 0 aromatic rings. The molecule has 0 radical (unpaired) electrons. The maximum absolute atomic E-state index is 4.97. The van der Waals surface area contributed by atoms with Crippen molar-refractivity contribution in [2.75, 3.05) is 27.8 Å². The number of hydrogen-bond donors (Lipinski definition) is 0. The topological polar surface area (TPSA) is 21.7 Å². The second kappa shape index (κ2) is 4.93. The zero-order valence-corrected chi connectivity index (χ0v) is 8.55. The molecule has 0 heterocycles. The SMILES string of the molecule is COC(CN(C)[SiH3])OC. The van der Waals surface area contributed by atoms with Crippen molar-refractivity contribution in [2.24, 2.45) is 0 Å². The van der Waals surface area contributed by atoms with Gasteiger partial charge in [-0.3, -0.25) is 0 Å². The fraction of sp³-hybridized carbons (Fsp3) is 1.00. The van der Waals surface area contributed by atoms with Crippen LogP contribution in [-0.2, 0) is 9.47 Å². The average Bonchev–Trinajstić information content (AvgIpc) is 1.82. The smallest absolute Gasteiger partial charge is 0.168 e. The van der Waals surface area contributed by atoms with Crippen LogP contribution in [0.1, 0.15) is 0 Å². The van der Waals surface area contributed by atoms with Crippen LogP contribution in [0.5, 0.6) is 0 Å². The molecular formula is C5H15NO2Si. The van der Waals surface area contributed by atoms with Gasteiger partial charge in [0.2, 0.25) is 0 Å². The Morgan fingerprint density at radius 1 is 1.44 bits per heavy atom. The first-order chi connectivity index (χ1) is 4.20. The van der Waals surface area contributed by atoms with Gasteiger partial charge in [0, 0.05) is 20.8 Å². The molecule has 0 rings (SSSR count). The Hall–Kier alpha value is 0.0969. The van der Waals surface area contributed by atoms with Crippen LogP contribution in [0.2, 0.25) is 0 Å². The highest BCUT2D eigenvalue weighted by Gasteiger charge is 2.03. The summed E-state index contributed by atoms with van der Waals surface area (Å²) in [4.78, 5) is 0. The third kappa shape index (κ3) is 4.59. The van der Waals surface area contributed by atoms with Crippen LogP contribution in [-0.4, -0.2) is 49.1 Å². The molecule has 0 aliphatic carbocycles. The Morgan fingerprint density at radius 2 is 1.89 bits per heavy atom. The van der Waals surface area contributed by atoms with E-state index in [0.717, 1.165) is 16.9 Å². The number of hydrogen-bond acceptors (Lipinski definition) is 3. The normalized spacial score (nSPS) is 11.7. The van der Waals surface area contributed by atoms with E-state index in [1.807, 2.05) is 7.05 Å². The summed E-state index contributed by atoms with van der Waals surface area (Å²) in [7, 11) is 6.39. The Kier molecular flexibility index (Phi) is 4.98. The zero-order chi connectivity index (χ0) is 7.28. The van der Waals surface area contributed by atoms with E-state index in [1.54, 1.807) is 14.2 Å². The predicted octanol–water partition coefficient (Wildman–Crippen LogP) is -1.18. The summed E-state index contributed by atoms with van der Waals surface area (Å²) in [5.74, 6) is 0. The Labute approximate surface area is 59.4 Å². The summed E-state index contributed by atoms with van der Waals surface area (Å²) < 4.78 is 12.1. The highest BCUT2D eigenvalue weighted by atomic mass is 28.2. The number of methoxy groups -OCH3 is 2. The minimum Gasteiger partial charge on any atom is -0.355 e. The second-order valence-corrected chi connectivity index (χ2v) is 3.69. The summed E-state index contributed by atoms with van der Waals surface area (Å²) in [5.41, 5.74) is 0. The van der Waals surface area contributed by atoms with Crippen LogP contribution in [0, 0.1) is 0 Å². The molecule has 0 bridgehead atoms. The molecule has 0 N–H and O–H groups in total. The second-order valence-electron chi connectivity index (χ2n) is 2.16. The molecule has 4 heteroatoms. The first-order valence-corrected chi connectivity index (χ1v) is 3.80. The fourth-order valence-electron chi connectivity index (χ4n) is 0.543. The van der Waals surface area contributed by atoms with Crippen LogP contribution in [0.3, 0.4) is 0 Å². The van der Waals surface area contributed by atoms with Crippen molar-refractivity contribution in [1.29, 1.82) is 0 Å². The van der Waals surface area contributed by atoms with Gasteiger partial charge >= 0.3 is 0 Å². The standard InChI is InChI=1S/C5H15NO2Si/c1-6(9)4-5(7-2)8-3/h5H,4H2,1-3,9H3. The minimum atomic E-state index is -0.0625. The lowest BCUT2D eigenvalue weighted by Crippen LogP contribution is -2.29. The van der Waals surface area contributed by atoms with Gasteiger partial charge in [0.15, 0.2) is 6.29 Å². The van der Waals surface area contributed by atoms with E-state index < -0.39 is 0 Å². The monoisotopic (exact) mass is 149 g/mol. The molecule has 0 saturated heterocycles. The van der Waals surface area contributed by atoms with Crippen molar-refractivity contribution >= 4 is 10.4 Å². The zero-order valence-electron chi connectivity index (χ0n) is 6.55. The molecular weight excluding hydrogens is 134 g/mol. The highest BCUT2D eigenvalue weighted by molar-refractivity contribution is 6.04. The van der Waals surface area contributed by atoms with Crippen molar-refractivity contribution in [3.8, 4) is 0 Å². The lowest BCUT2D eigenvalue weighted by Gasteiger charge is -2.17. The number of rotatable bonds is 4.